The summed E-state index contributed by atoms with van der Waals surface area (Å²) in [6, 6.07) is 3.23. The van der Waals surface area contributed by atoms with E-state index in [2.05, 4.69) is 20.4 Å². The van der Waals surface area contributed by atoms with E-state index in [0.29, 0.717) is 23.2 Å². The molecule has 2 aromatic rings. The van der Waals surface area contributed by atoms with Crippen LogP contribution in [0.5, 0.6) is 5.88 Å². The third-order valence-electron chi connectivity index (χ3n) is 2.39. The number of ether oxygens (including phenoxy) is 2. The lowest BCUT2D eigenvalue weighted by molar-refractivity contribution is 0.0946. The van der Waals surface area contributed by atoms with Gasteiger partial charge < -0.3 is 19.3 Å². The molecule has 0 fully saturated rings. The SMILES string of the molecule is COCc1noc(CNC(=O)c2ccc(OC)nc2)n1. The summed E-state index contributed by atoms with van der Waals surface area (Å²) in [5, 5.41) is 6.34. The van der Waals surface area contributed by atoms with Crippen molar-refractivity contribution in [2.45, 2.75) is 13.2 Å². The number of carbonyl (C=O) groups excluding carboxylic acids is 1. The van der Waals surface area contributed by atoms with Gasteiger partial charge in [0.1, 0.15) is 6.61 Å². The van der Waals surface area contributed by atoms with Gasteiger partial charge in [0.15, 0.2) is 5.82 Å². The number of aromatic nitrogens is 3. The molecule has 0 atom stereocenters. The number of hydrogen-bond donors (Lipinski definition) is 1. The fraction of sp³-hybridized carbons (Fsp3) is 0.333. The van der Waals surface area contributed by atoms with Gasteiger partial charge in [-0.15, -0.1) is 0 Å². The Labute approximate surface area is 115 Å². The van der Waals surface area contributed by atoms with Gasteiger partial charge in [-0.3, -0.25) is 4.79 Å². The first-order valence-corrected chi connectivity index (χ1v) is 5.81. The number of methoxy groups -OCH3 is 2. The van der Waals surface area contributed by atoms with Crippen LogP contribution in [0.4, 0.5) is 0 Å². The molecule has 1 N–H and O–H groups in total. The van der Waals surface area contributed by atoms with E-state index in [4.69, 9.17) is 14.0 Å². The summed E-state index contributed by atoms with van der Waals surface area (Å²) in [4.78, 5) is 19.8. The summed E-state index contributed by atoms with van der Waals surface area (Å²) < 4.78 is 14.7. The molecule has 0 aliphatic carbocycles. The van der Waals surface area contributed by atoms with E-state index < -0.39 is 0 Å². The zero-order valence-electron chi connectivity index (χ0n) is 11.1. The Balaban J connectivity index is 1.90. The van der Waals surface area contributed by atoms with Crippen molar-refractivity contribution in [2.75, 3.05) is 14.2 Å². The van der Waals surface area contributed by atoms with Crippen molar-refractivity contribution >= 4 is 5.91 Å². The molecule has 0 spiro atoms. The third kappa shape index (κ3) is 3.51. The van der Waals surface area contributed by atoms with Gasteiger partial charge in [-0.25, -0.2) is 4.98 Å². The van der Waals surface area contributed by atoms with Crippen LogP contribution in [0.2, 0.25) is 0 Å². The van der Waals surface area contributed by atoms with E-state index in [-0.39, 0.29) is 19.1 Å². The lowest BCUT2D eigenvalue weighted by atomic mass is 10.2. The molecule has 2 heterocycles. The van der Waals surface area contributed by atoms with Crippen LogP contribution < -0.4 is 10.1 Å². The van der Waals surface area contributed by atoms with Crippen LogP contribution >= 0.6 is 0 Å². The average Bonchev–Trinajstić information content (AvgIpc) is 2.93. The summed E-state index contributed by atoms with van der Waals surface area (Å²) in [7, 11) is 3.05. The predicted octanol–water partition coefficient (Wildman–Crippen LogP) is 0.550. The number of carbonyl (C=O) groups is 1. The Morgan fingerprint density at radius 2 is 2.25 bits per heavy atom. The number of pyridine rings is 1. The first kappa shape index (κ1) is 13.9. The molecule has 0 aliphatic rings. The molecule has 8 heteroatoms. The van der Waals surface area contributed by atoms with Crippen molar-refractivity contribution in [3.05, 3.63) is 35.6 Å². The Kier molecular flexibility index (Phi) is 4.61. The zero-order valence-corrected chi connectivity index (χ0v) is 11.1. The lowest BCUT2D eigenvalue weighted by Crippen LogP contribution is -2.23. The van der Waals surface area contributed by atoms with Crippen LogP contribution in [0, 0.1) is 0 Å². The molecule has 0 bridgehead atoms. The number of amides is 1. The molecule has 0 aromatic carbocycles. The Morgan fingerprint density at radius 3 is 2.90 bits per heavy atom. The Bertz CT molecular complexity index is 567. The molecule has 0 saturated heterocycles. The first-order valence-electron chi connectivity index (χ1n) is 5.81. The summed E-state index contributed by atoms with van der Waals surface area (Å²) in [5.41, 5.74) is 0.419. The van der Waals surface area contributed by atoms with E-state index in [1.54, 1.807) is 12.1 Å². The molecule has 0 radical (unpaired) electrons. The number of rotatable bonds is 6. The molecular weight excluding hydrogens is 264 g/mol. The maximum atomic E-state index is 11.8. The van der Waals surface area contributed by atoms with E-state index in [1.165, 1.54) is 20.4 Å². The molecule has 0 unspecified atom stereocenters. The normalized spacial score (nSPS) is 10.3. The average molecular weight is 278 g/mol. The van der Waals surface area contributed by atoms with E-state index in [1.807, 2.05) is 0 Å². The van der Waals surface area contributed by atoms with E-state index >= 15 is 0 Å². The summed E-state index contributed by atoms with van der Waals surface area (Å²) >= 11 is 0. The summed E-state index contributed by atoms with van der Waals surface area (Å²) in [6.07, 6.45) is 1.43. The topological polar surface area (TPSA) is 99.4 Å². The zero-order chi connectivity index (χ0) is 14.4. The highest BCUT2D eigenvalue weighted by Crippen LogP contribution is 2.06. The third-order valence-corrected chi connectivity index (χ3v) is 2.39. The minimum absolute atomic E-state index is 0.140. The predicted molar refractivity (Wildman–Crippen MR) is 67.0 cm³/mol. The summed E-state index contributed by atoms with van der Waals surface area (Å²) in [6.45, 7) is 0.404. The monoisotopic (exact) mass is 278 g/mol. The quantitative estimate of drug-likeness (QED) is 0.823. The van der Waals surface area contributed by atoms with Crippen LogP contribution in [0.3, 0.4) is 0 Å². The minimum atomic E-state index is -0.286. The minimum Gasteiger partial charge on any atom is -0.481 e. The second-order valence-corrected chi connectivity index (χ2v) is 3.81. The smallest absolute Gasteiger partial charge is 0.253 e. The fourth-order valence-corrected chi connectivity index (χ4v) is 1.44. The van der Waals surface area contributed by atoms with Crippen LogP contribution in [0.25, 0.3) is 0 Å². The highest BCUT2D eigenvalue weighted by atomic mass is 16.5. The highest BCUT2D eigenvalue weighted by Gasteiger charge is 2.10. The number of nitrogens with one attached hydrogen (secondary N) is 1. The van der Waals surface area contributed by atoms with Gasteiger partial charge in [0.2, 0.25) is 11.8 Å². The second kappa shape index (κ2) is 6.62. The van der Waals surface area contributed by atoms with Crippen LogP contribution in [0.1, 0.15) is 22.1 Å². The molecule has 2 aromatic heterocycles. The standard InChI is InChI=1S/C12H14N4O4/c1-18-7-9-15-11(20-16-9)6-14-12(17)8-3-4-10(19-2)13-5-8/h3-5H,6-7H2,1-2H3,(H,14,17). The molecule has 8 nitrogen and oxygen atoms in total. The van der Waals surface area contributed by atoms with Crippen molar-refractivity contribution in [2.24, 2.45) is 0 Å². The van der Waals surface area contributed by atoms with Crippen LogP contribution in [-0.4, -0.2) is 35.3 Å². The fourth-order valence-electron chi connectivity index (χ4n) is 1.44. The molecule has 106 valence electrons. The number of nitrogens with zero attached hydrogens (tertiary/aromatic N) is 3. The van der Waals surface area contributed by atoms with Gasteiger partial charge >= 0.3 is 0 Å². The van der Waals surface area contributed by atoms with Gasteiger partial charge in [0.05, 0.1) is 19.2 Å². The van der Waals surface area contributed by atoms with Gasteiger partial charge in [-0.05, 0) is 6.07 Å². The highest BCUT2D eigenvalue weighted by molar-refractivity contribution is 5.93. The van der Waals surface area contributed by atoms with E-state index in [9.17, 15) is 4.79 Å². The van der Waals surface area contributed by atoms with Gasteiger partial charge in [-0.1, -0.05) is 5.16 Å². The molecule has 1 amide bonds. The summed E-state index contributed by atoms with van der Waals surface area (Å²) in [5.74, 6) is 0.907. The molecule has 0 saturated carbocycles. The van der Waals surface area contributed by atoms with Crippen molar-refractivity contribution in [3.8, 4) is 5.88 Å². The maximum absolute atomic E-state index is 11.8. The van der Waals surface area contributed by atoms with E-state index in [0.717, 1.165) is 0 Å². The largest absolute Gasteiger partial charge is 0.481 e. The molecular formula is C12H14N4O4. The number of hydrogen-bond acceptors (Lipinski definition) is 7. The van der Waals surface area contributed by atoms with Crippen molar-refractivity contribution in [3.63, 3.8) is 0 Å². The molecule has 2 rings (SSSR count). The second-order valence-electron chi connectivity index (χ2n) is 3.81. The van der Waals surface area contributed by atoms with Crippen molar-refractivity contribution in [1.29, 1.82) is 0 Å². The van der Waals surface area contributed by atoms with Gasteiger partial charge in [-0.2, -0.15) is 4.98 Å². The Hall–Kier alpha value is -2.48. The lowest BCUT2D eigenvalue weighted by Gasteiger charge is -2.03. The van der Waals surface area contributed by atoms with Crippen LogP contribution in [-0.2, 0) is 17.9 Å². The van der Waals surface area contributed by atoms with Gasteiger partial charge in [0.25, 0.3) is 5.91 Å². The molecule has 20 heavy (non-hydrogen) atoms. The maximum Gasteiger partial charge on any atom is 0.253 e. The first-order chi connectivity index (χ1) is 9.72. The van der Waals surface area contributed by atoms with Crippen LogP contribution in [0.15, 0.2) is 22.9 Å². The molecule has 0 aliphatic heterocycles. The van der Waals surface area contributed by atoms with Crippen molar-refractivity contribution in [1.82, 2.24) is 20.4 Å². The van der Waals surface area contributed by atoms with Gasteiger partial charge in [0, 0.05) is 19.4 Å². The van der Waals surface area contributed by atoms with Crippen molar-refractivity contribution < 1.29 is 18.8 Å². The Morgan fingerprint density at radius 1 is 1.40 bits per heavy atom.